The average molecular weight is 345 g/mol. The van der Waals surface area contributed by atoms with Crippen molar-refractivity contribution in [3.63, 3.8) is 0 Å². The van der Waals surface area contributed by atoms with Crippen LogP contribution in [-0.2, 0) is 16.0 Å². The summed E-state index contributed by atoms with van der Waals surface area (Å²) in [4.78, 5) is 16.4. The van der Waals surface area contributed by atoms with Gasteiger partial charge in [0.25, 0.3) is 0 Å². The summed E-state index contributed by atoms with van der Waals surface area (Å²) in [6.45, 7) is 2.86. The highest BCUT2D eigenvalue weighted by atomic mass is 16.6. The highest BCUT2D eigenvalue weighted by Gasteiger charge is 2.44. The maximum atomic E-state index is 10.9. The van der Waals surface area contributed by atoms with Gasteiger partial charge >= 0.3 is 5.97 Å². The molecule has 136 valence electrons. The molecule has 2 N–H and O–H groups in total. The van der Waals surface area contributed by atoms with Crippen molar-refractivity contribution in [3.8, 4) is 0 Å². The quantitative estimate of drug-likeness (QED) is 0.528. The molecule has 2 aliphatic rings. The Morgan fingerprint density at radius 2 is 2.16 bits per heavy atom. The van der Waals surface area contributed by atoms with E-state index >= 15 is 0 Å². The molecule has 2 bridgehead atoms. The van der Waals surface area contributed by atoms with Gasteiger partial charge in [-0.15, -0.1) is 0 Å². The smallest absolute Gasteiger partial charge is 0.335 e. The number of benzene rings is 1. The molecule has 3 rings (SSSR count). The van der Waals surface area contributed by atoms with Crippen molar-refractivity contribution in [2.75, 3.05) is 6.61 Å². The molecule has 0 aromatic heterocycles. The maximum Gasteiger partial charge on any atom is 0.335 e. The summed E-state index contributed by atoms with van der Waals surface area (Å²) in [5, 5.41) is 8.98. The maximum absolute atomic E-state index is 10.9. The molecule has 0 saturated carbocycles. The van der Waals surface area contributed by atoms with Crippen LogP contribution in [0.4, 0.5) is 0 Å². The van der Waals surface area contributed by atoms with E-state index in [0.717, 1.165) is 45.1 Å². The molecule has 2 heterocycles. The third kappa shape index (κ3) is 4.41. The number of aryl methyl sites for hydroxylation is 1. The highest BCUT2D eigenvalue weighted by Crippen LogP contribution is 2.44. The second-order valence-electron chi connectivity index (χ2n) is 6.85. The van der Waals surface area contributed by atoms with E-state index in [0.29, 0.717) is 17.6 Å². The van der Waals surface area contributed by atoms with Gasteiger partial charge in [0.1, 0.15) is 0 Å². The van der Waals surface area contributed by atoms with Gasteiger partial charge in [-0.3, -0.25) is 10.3 Å². The lowest BCUT2D eigenvalue weighted by molar-refractivity contribution is 0.0673. The second-order valence-corrected chi connectivity index (χ2v) is 6.85. The predicted molar refractivity (Wildman–Crippen MR) is 95.2 cm³/mol. The molecular weight excluding hydrogens is 318 g/mol. The fourth-order valence-electron chi connectivity index (χ4n) is 3.73. The standard InChI is InChI=1S/C20H27NO4/c1-2-3-12-24-21-13-17-16(18-10-11-19(17)25-18)9-6-14-4-7-15(8-5-14)20(22)23/h4-5,7-8,13,16,18-19,21H,2-3,6,9-12H2,1H3,(H,22,23). The summed E-state index contributed by atoms with van der Waals surface area (Å²) in [6.07, 6.45) is 8.86. The van der Waals surface area contributed by atoms with Gasteiger partial charge in [0.15, 0.2) is 0 Å². The first-order valence-corrected chi connectivity index (χ1v) is 9.24. The van der Waals surface area contributed by atoms with Gasteiger partial charge in [0.2, 0.25) is 0 Å². The van der Waals surface area contributed by atoms with Crippen molar-refractivity contribution in [1.82, 2.24) is 5.48 Å². The fourth-order valence-corrected chi connectivity index (χ4v) is 3.73. The number of hydroxylamine groups is 1. The van der Waals surface area contributed by atoms with Crippen LogP contribution in [0.15, 0.2) is 36.0 Å². The summed E-state index contributed by atoms with van der Waals surface area (Å²) >= 11 is 0. The molecule has 2 fully saturated rings. The normalized spacial score (nSPS) is 26.3. The zero-order chi connectivity index (χ0) is 17.6. The van der Waals surface area contributed by atoms with Crippen molar-refractivity contribution in [2.24, 2.45) is 5.92 Å². The largest absolute Gasteiger partial charge is 0.478 e. The number of aromatic carboxylic acids is 1. The van der Waals surface area contributed by atoms with Gasteiger partial charge in [-0.25, -0.2) is 4.79 Å². The molecule has 0 aliphatic carbocycles. The average Bonchev–Trinajstić information content (AvgIpc) is 3.22. The lowest BCUT2D eigenvalue weighted by Crippen LogP contribution is -2.22. The molecule has 2 saturated heterocycles. The van der Waals surface area contributed by atoms with Crippen LogP contribution < -0.4 is 5.48 Å². The van der Waals surface area contributed by atoms with E-state index < -0.39 is 5.97 Å². The van der Waals surface area contributed by atoms with Crippen LogP contribution in [0.25, 0.3) is 0 Å². The van der Waals surface area contributed by atoms with Gasteiger partial charge in [0, 0.05) is 12.1 Å². The Morgan fingerprint density at radius 3 is 2.88 bits per heavy atom. The van der Waals surface area contributed by atoms with E-state index in [1.807, 2.05) is 18.3 Å². The van der Waals surface area contributed by atoms with Gasteiger partial charge < -0.3 is 9.84 Å². The number of hydrogen-bond donors (Lipinski definition) is 2. The molecule has 1 aromatic rings. The Kier molecular flexibility index (Phi) is 6.10. The number of hydrogen-bond acceptors (Lipinski definition) is 4. The summed E-state index contributed by atoms with van der Waals surface area (Å²) in [7, 11) is 0. The van der Waals surface area contributed by atoms with Crippen LogP contribution in [0.3, 0.4) is 0 Å². The summed E-state index contributed by atoms with van der Waals surface area (Å²) in [6, 6.07) is 7.17. The van der Waals surface area contributed by atoms with E-state index in [9.17, 15) is 4.79 Å². The molecule has 3 unspecified atom stereocenters. The lowest BCUT2D eigenvalue weighted by atomic mass is 9.81. The van der Waals surface area contributed by atoms with Gasteiger partial charge in [-0.1, -0.05) is 25.5 Å². The molecule has 3 atom stereocenters. The van der Waals surface area contributed by atoms with Gasteiger partial charge in [-0.05, 0) is 55.4 Å². The van der Waals surface area contributed by atoms with Crippen LogP contribution in [0.1, 0.15) is 54.9 Å². The first-order chi connectivity index (χ1) is 12.2. The minimum absolute atomic E-state index is 0.228. The van der Waals surface area contributed by atoms with Gasteiger partial charge in [-0.2, -0.15) is 0 Å². The van der Waals surface area contributed by atoms with E-state index in [4.69, 9.17) is 14.7 Å². The third-order valence-corrected chi connectivity index (χ3v) is 5.15. The number of carboxylic acids is 1. The van der Waals surface area contributed by atoms with Crippen LogP contribution in [0.2, 0.25) is 0 Å². The number of nitrogens with one attached hydrogen (secondary N) is 1. The van der Waals surface area contributed by atoms with Crippen LogP contribution >= 0.6 is 0 Å². The van der Waals surface area contributed by atoms with Crippen molar-refractivity contribution in [2.45, 2.75) is 57.7 Å². The lowest BCUT2D eigenvalue weighted by Gasteiger charge is -2.22. The van der Waals surface area contributed by atoms with Gasteiger partial charge in [0.05, 0.1) is 24.4 Å². The molecular formula is C20H27NO4. The van der Waals surface area contributed by atoms with E-state index in [2.05, 4.69) is 12.4 Å². The predicted octanol–water partition coefficient (Wildman–Crippen LogP) is 3.70. The van der Waals surface area contributed by atoms with Crippen molar-refractivity contribution in [1.29, 1.82) is 0 Å². The van der Waals surface area contributed by atoms with Crippen molar-refractivity contribution in [3.05, 3.63) is 47.2 Å². The van der Waals surface area contributed by atoms with Crippen LogP contribution in [0.5, 0.6) is 0 Å². The Morgan fingerprint density at radius 1 is 1.36 bits per heavy atom. The number of rotatable bonds is 9. The topological polar surface area (TPSA) is 67.8 Å². The number of carbonyl (C=O) groups is 1. The Balaban J connectivity index is 1.56. The molecule has 5 nitrogen and oxygen atoms in total. The number of unbranched alkanes of at least 4 members (excludes halogenated alkanes) is 1. The molecule has 2 aliphatic heterocycles. The molecule has 0 spiro atoms. The SMILES string of the molecule is CCCCONC=C1C2CCC(O2)C1CCc1ccc(C(=O)O)cc1. The number of carboxylic acid groups (broad SMARTS) is 1. The molecule has 0 amide bonds. The fraction of sp³-hybridized carbons (Fsp3) is 0.550. The Bertz CT molecular complexity index is 611. The monoisotopic (exact) mass is 345 g/mol. The van der Waals surface area contributed by atoms with Crippen molar-refractivity contribution < 1.29 is 19.5 Å². The first kappa shape index (κ1) is 18.0. The molecule has 0 radical (unpaired) electrons. The number of ether oxygens (including phenoxy) is 1. The minimum Gasteiger partial charge on any atom is -0.478 e. The highest BCUT2D eigenvalue weighted by molar-refractivity contribution is 5.87. The molecule has 1 aromatic carbocycles. The Hall–Kier alpha value is -1.85. The second kappa shape index (κ2) is 8.50. The summed E-state index contributed by atoms with van der Waals surface area (Å²) in [5.41, 5.74) is 5.80. The van der Waals surface area contributed by atoms with Crippen molar-refractivity contribution >= 4 is 5.97 Å². The minimum atomic E-state index is -0.882. The summed E-state index contributed by atoms with van der Waals surface area (Å²) in [5.74, 6) is -0.465. The zero-order valence-electron chi connectivity index (χ0n) is 14.7. The van der Waals surface area contributed by atoms with E-state index in [-0.39, 0.29) is 6.10 Å². The van der Waals surface area contributed by atoms with E-state index in [1.54, 1.807) is 12.1 Å². The summed E-state index contributed by atoms with van der Waals surface area (Å²) < 4.78 is 6.07. The first-order valence-electron chi connectivity index (χ1n) is 9.24. The third-order valence-electron chi connectivity index (χ3n) is 5.15. The van der Waals surface area contributed by atoms with Crippen LogP contribution in [0, 0.1) is 5.92 Å². The van der Waals surface area contributed by atoms with E-state index in [1.165, 1.54) is 11.1 Å². The molecule has 25 heavy (non-hydrogen) atoms. The zero-order valence-corrected chi connectivity index (χ0v) is 14.7. The molecule has 5 heteroatoms. The number of fused-ring (bicyclic) bond motifs is 2. The Labute approximate surface area is 149 Å². The van der Waals surface area contributed by atoms with Crippen LogP contribution in [-0.4, -0.2) is 29.9 Å².